The Hall–Kier alpha value is -0.640. The van der Waals surface area contributed by atoms with E-state index in [1.54, 1.807) is 0 Å². The number of hydrogen-bond donors (Lipinski definition) is 2. The number of nitrogens with zero attached hydrogens (tertiary/aromatic N) is 1. The minimum Gasteiger partial charge on any atom is -0.389 e. The zero-order chi connectivity index (χ0) is 11.7. The van der Waals surface area contributed by atoms with Crippen LogP contribution in [0.2, 0.25) is 0 Å². The lowest BCUT2D eigenvalue weighted by Gasteiger charge is -2.32. The molecule has 0 unspecified atom stereocenters. The molecule has 1 aromatic rings. The monoisotopic (exact) mass is 268 g/mol. The van der Waals surface area contributed by atoms with E-state index in [9.17, 15) is 5.11 Å². The highest BCUT2D eigenvalue weighted by Gasteiger charge is 2.30. The minimum atomic E-state index is -0.542. The maximum atomic E-state index is 10.4. The summed E-state index contributed by atoms with van der Waals surface area (Å²) >= 11 is 0. The molecular weight excluding hydrogens is 248 g/mol. The molecule has 1 aromatic heterocycles. The van der Waals surface area contributed by atoms with Crippen molar-refractivity contribution in [2.75, 3.05) is 13.1 Å². The molecule has 4 heteroatoms. The SMILES string of the molecule is Cl.OC1(Cc2ccc(C3CC3)cn2)CCNCC1. The zero-order valence-electron chi connectivity index (χ0n) is 10.6. The van der Waals surface area contributed by atoms with E-state index in [-0.39, 0.29) is 12.4 Å². The van der Waals surface area contributed by atoms with Gasteiger partial charge in [0.1, 0.15) is 0 Å². The number of halogens is 1. The molecule has 0 aromatic carbocycles. The normalized spacial score (nSPS) is 22.3. The predicted molar refractivity (Wildman–Crippen MR) is 74.2 cm³/mol. The van der Waals surface area contributed by atoms with Crippen LogP contribution in [0.15, 0.2) is 18.3 Å². The highest BCUT2D eigenvalue weighted by atomic mass is 35.5. The summed E-state index contributed by atoms with van der Waals surface area (Å²) < 4.78 is 0. The van der Waals surface area contributed by atoms with E-state index in [2.05, 4.69) is 22.4 Å². The van der Waals surface area contributed by atoms with Gasteiger partial charge in [-0.25, -0.2) is 0 Å². The molecule has 2 heterocycles. The summed E-state index contributed by atoms with van der Waals surface area (Å²) in [5, 5.41) is 13.7. The Balaban J connectivity index is 0.00000120. The highest BCUT2D eigenvalue weighted by Crippen LogP contribution is 2.39. The number of piperidine rings is 1. The van der Waals surface area contributed by atoms with Crippen LogP contribution < -0.4 is 5.32 Å². The van der Waals surface area contributed by atoms with Crippen LogP contribution in [0.3, 0.4) is 0 Å². The summed E-state index contributed by atoms with van der Waals surface area (Å²) in [6, 6.07) is 4.28. The first-order valence-electron chi connectivity index (χ1n) is 6.63. The molecule has 0 spiro atoms. The van der Waals surface area contributed by atoms with Crippen molar-refractivity contribution in [2.24, 2.45) is 0 Å². The molecule has 2 N–H and O–H groups in total. The molecule has 3 rings (SSSR count). The number of hydrogen-bond acceptors (Lipinski definition) is 3. The Morgan fingerprint density at radius 3 is 2.56 bits per heavy atom. The van der Waals surface area contributed by atoms with Gasteiger partial charge in [-0.05, 0) is 56.3 Å². The fourth-order valence-corrected chi connectivity index (χ4v) is 2.60. The van der Waals surface area contributed by atoms with E-state index in [0.29, 0.717) is 6.42 Å². The van der Waals surface area contributed by atoms with E-state index < -0.39 is 5.60 Å². The molecule has 2 fully saturated rings. The van der Waals surface area contributed by atoms with Crippen molar-refractivity contribution >= 4 is 12.4 Å². The van der Waals surface area contributed by atoms with E-state index in [1.165, 1.54) is 18.4 Å². The largest absolute Gasteiger partial charge is 0.389 e. The van der Waals surface area contributed by atoms with Gasteiger partial charge in [0, 0.05) is 18.3 Å². The van der Waals surface area contributed by atoms with Crippen LogP contribution in [-0.4, -0.2) is 28.8 Å². The molecule has 1 saturated carbocycles. The molecule has 1 aliphatic carbocycles. The van der Waals surface area contributed by atoms with Gasteiger partial charge in [0.2, 0.25) is 0 Å². The van der Waals surface area contributed by atoms with Gasteiger partial charge in [0.25, 0.3) is 0 Å². The molecule has 3 nitrogen and oxygen atoms in total. The second-order valence-electron chi connectivity index (χ2n) is 5.51. The first-order chi connectivity index (χ1) is 8.25. The van der Waals surface area contributed by atoms with Crippen molar-refractivity contribution in [3.05, 3.63) is 29.6 Å². The third-order valence-electron chi connectivity index (χ3n) is 3.94. The van der Waals surface area contributed by atoms with Gasteiger partial charge < -0.3 is 10.4 Å². The Morgan fingerprint density at radius 2 is 2.00 bits per heavy atom. The van der Waals surface area contributed by atoms with E-state index in [0.717, 1.165) is 37.5 Å². The maximum absolute atomic E-state index is 10.4. The van der Waals surface area contributed by atoms with Crippen LogP contribution in [0.1, 0.15) is 42.9 Å². The second-order valence-corrected chi connectivity index (χ2v) is 5.51. The van der Waals surface area contributed by atoms with Crippen LogP contribution >= 0.6 is 12.4 Å². The zero-order valence-corrected chi connectivity index (χ0v) is 11.4. The van der Waals surface area contributed by atoms with Crippen molar-refractivity contribution in [3.8, 4) is 0 Å². The Bertz CT molecular complexity index is 383. The molecule has 100 valence electrons. The Kier molecular flexibility index (Phi) is 4.25. The van der Waals surface area contributed by atoms with E-state index in [4.69, 9.17) is 0 Å². The molecule has 1 saturated heterocycles. The second kappa shape index (κ2) is 5.55. The topological polar surface area (TPSA) is 45.2 Å². The summed E-state index contributed by atoms with van der Waals surface area (Å²) in [6.45, 7) is 1.83. The van der Waals surface area contributed by atoms with Crippen LogP contribution in [-0.2, 0) is 6.42 Å². The summed E-state index contributed by atoms with van der Waals surface area (Å²) in [5.41, 5.74) is 1.85. The third-order valence-corrected chi connectivity index (χ3v) is 3.94. The molecule has 0 bridgehead atoms. The van der Waals surface area contributed by atoms with E-state index in [1.807, 2.05) is 6.20 Å². The van der Waals surface area contributed by atoms with Crippen molar-refractivity contribution in [3.63, 3.8) is 0 Å². The molecule has 18 heavy (non-hydrogen) atoms. The first-order valence-corrected chi connectivity index (χ1v) is 6.63. The van der Waals surface area contributed by atoms with Crippen LogP contribution in [0.5, 0.6) is 0 Å². The molecular formula is C14H21ClN2O. The molecule has 2 aliphatic rings. The van der Waals surface area contributed by atoms with Gasteiger partial charge in [-0.2, -0.15) is 0 Å². The highest BCUT2D eigenvalue weighted by molar-refractivity contribution is 5.85. The molecule has 0 radical (unpaired) electrons. The summed E-state index contributed by atoms with van der Waals surface area (Å²) in [6.07, 6.45) is 6.99. The average Bonchev–Trinajstić information content (AvgIpc) is 3.14. The Morgan fingerprint density at radius 1 is 1.28 bits per heavy atom. The van der Waals surface area contributed by atoms with Gasteiger partial charge in [0.15, 0.2) is 0 Å². The van der Waals surface area contributed by atoms with Crippen molar-refractivity contribution in [1.82, 2.24) is 10.3 Å². The van der Waals surface area contributed by atoms with Crippen molar-refractivity contribution < 1.29 is 5.11 Å². The number of nitrogens with one attached hydrogen (secondary N) is 1. The third kappa shape index (κ3) is 3.22. The quantitative estimate of drug-likeness (QED) is 0.882. The maximum Gasteiger partial charge on any atom is 0.0727 e. The lowest BCUT2D eigenvalue weighted by molar-refractivity contribution is 0.0100. The number of aliphatic hydroxyl groups is 1. The smallest absolute Gasteiger partial charge is 0.0727 e. The van der Waals surface area contributed by atoms with Crippen molar-refractivity contribution in [2.45, 2.75) is 43.6 Å². The first kappa shape index (κ1) is 13.8. The summed E-state index contributed by atoms with van der Waals surface area (Å²) in [5.74, 6) is 0.763. The van der Waals surface area contributed by atoms with E-state index >= 15 is 0 Å². The summed E-state index contributed by atoms with van der Waals surface area (Å²) in [7, 11) is 0. The average molecular weight is 269 g/mol. The minimum absolute atomic E-state index is 0. The molecule has 0 amide bonds. The lowest BCUT2D eigenvalue weighted by atomic mass is 9.87. The molecule has 0 atom stereocenters. The van der Waals surface area contributed by atoms with Gasteiger partial charge in [0.05, 0.1) is 5.60 Å². The Labute approximate surface area is 114 Å². The van der Waals surface area contributed by atoms with Gasteiger partial charge in [-0.3, -0.25) is 4.98 Å². The van der Waals surface area contributed by atoms with Crippen LogP contribution in [0.25, 0.3) is 0 Å². The predicted octanol–water partition coefficient (Wildman–Crippen LogP) is 2.04. The van der Waals surface area contributed by atoms with Crippen LogP contribution in [0, 0.1) is 0 Å². The number of pyridine rings is 1. The fraction of sp³-hybridized carbons (Fsp3) is 0.643. The molecule has 1 aliphatic heterocycles. The van der Waals surface area contributed by atoms with Gasteiger partial charge >= 0.3 is 0 Å². The van der Waals surface area contributed by atoms with Crippen molar-refractivity contribution in [1.29, 1.82) is 0 Å². The standard InChI is InChI=1S/C14H20N2O.ClH/c17-14(5-7-15-8-6-14)9-13-4-3-12(10-16-13)11-1-2-11;/h3-4,10-11,15,17H,1-2,5-9H2;1H. The summed E-state index contributed by atoms with van der Waals surface area (Å²) in [4.78, 5) is 4.50. The van der Waals surface area contributed by atoms with Crippen LogP contribution in [0.4, 0.5) is 0 Å². The van der Waals surface area contributed by atoms with Gasteiger partial charge in [-0.1, -0.05) is 6.07 Å². The fourth-order valence-electron chi connectivity index (χ4n) is 2.60. The lowest BCUT2D eigenvalue weighted by Crippen LogP contribution is -2.43. The van der Waals surface area contributed by atoms with Gasteiger partial charge in [-0.15, -0.1) is 12.4 Å². The number of rotatable bonds is 3. The number of aromatic nitrogens is 1.